The minimum absolute atomic E-state index is 0.0283. The van der Waals surface area contributed by atoms with Crippen molar-refractivity contribution < 1.29 is 4.79 Å². The first-order valence-electron chi connectivity index (χ1n) is 11.0. The van der Waals surface area contributed by atoms with Crippen molar-refractivity contribution in [2.24, 2.45) is 0 Å². The van der Waals surface area contributed by atoms with E-state index in [0.717, 1.165) is 47.0 Å². The molecule has 0 bridgehead atoms. The first-order valence-corrected chi connectivity index (χ1v) is 11.0. The van der Waals surface area contributed by atoms with Crippen LogP contribution in [-0.2, 0) is 6.42 Å². The maximum atomic E-state index is 13.3. The average Bonchev–Trinajstić information content (AvgIpc) is 2.74. The Morgan fingerprint density at radius 1 is 0.966 bits per heavy atom. The van der Waals surface area contributed by atoms with Crippen LogP contribution < -0.4 is 5.32 Å². The Morgan fingerprint density at radius 3 is 2.38 bits per heavy atom. The van der Waals surface area contributed by atoms with Gasteiger partial charge in [-0.2, -0.15) is 0 Å². The highest BCUT2D eigenvalue weighted by atomic mass is 16.1. The number of carbonyl (C=O) groups excluding carboxylic acids is 1. The normalized spacial score (nSPS) is 15.6. The van der Waals surface area contributed by atoms with E-state index in [-0.39, 0.29) is 11.9 Å². The van der Waals surface area contributed by atoms with Gasteiger partial charge in [-0.25, -0.2) is 4.98 Å². The van der Waals surface area contributed by atoms with Crippen LogP contribution in [0.25, 0.3) is 22.2 Å². The summed E-state index contributed by atoms with van der Waals surface area (Å²) in [5, 5.41) is 4.25. The predicted octanol–water partition coefficient (Wildman–Crippen LogP) is 6.31. The number of para-hydroxylation sites is 1. The lowest BCUT2D eigenvalue weighted by atomic mass is 9.96. The summed E-state index contributed by atoms with van der Waals surface area (Å²) in [6, 6.07) is 18.7. The fourth-order valence-electron chi connectivity index (χ4n) is 4.29. The number of pyridine rings is 1. The van der Waals surface area contributed by atoms with E-state index in [1.165, 1.54) is 37.7 Å². The second-order valence-electron chi connectivity index (χ2n) is 8.14. The minimum atomic E-state index is 0.0283. The fraction of sp³-hybridized carbons (Fsp3) is 0.385. The summed E-state index contributed by atoms with van der Waals surface area (Å²) in [5.74, 6) is 0.0283. The molecule has 3 nitrogen and oxygen atoms in total. The molecule has 1 aromatic heterocycles. The molecule has 1 aliphatic rings. The molecule has 3 heteroatoms. The van der Waals surface area contributed by atoms with E-state index in [1.54, 1.807) is 0 Å². The summed E-state index contributed by atoms with van der Waals surface area (Å²) >= 11 is 0. The number of nitrogens with zero attached hydrogens (tertiary/aromatic N) is 1. The van der Waals surface area contributed by atoms with Gasteiger partial charge < -0.3 is 5.32 Å². The van der Waals surface area contributed by atoms with E-state index in [0.29, 0.717) is 0 Å². The molecule has 1 heterocycles. The van der Waals surface area contributed by atoms with E-state index >= 15 is 0 Å². The van der Waals surface area contributed by atoms with Crippen molar-refractivity contribution in [3.63, 3.8) is 0 Å². The Bertz CT molecular complexity index is 970. The van der Waals surface area contributed by atoms with Gasteiger partial charge in [0.25, 0.3) is 5.91 Å². The monoisotopic (exact) mass is 386 g/mol. The molecule has 29 heavy (non-hydrogen) atoms. The molecule has 1 saturated carbocycles. The number of nitrogens with one attached hydrogen (secondary N) is 1. The first-order chi connectivity index (χ1) is 14.2. The lowest BCUT2D eigenvalue weighted by molar-refractivity contribution is 0.0932. The van der Waals surface area contributed by atoms with Crippen molar-refractivity contribution in [3.05, 3.63) is 65.7 Å². The van der Waals surface area contributed by atoms with Gasteiger partial charge in [0.1, 0.15) is 0 Å². The Morgan fingerprint density at radius 2 is 1.66 bits per heavy atom. The second kappa shape index (κ2) is 9.21. The van der Waals surface area contributed by atoms with Crippen LogP contribution in [0.15, 0.2) is 54.6 Å². The Kier molecular flexibility index (Phi) is 6.24. The van der Waals surface area contributed by atoms with E-state index < -0.39 is 0 Å². The number of aromatic nitrogens is 1. The lowest BCUT2D eigenvalue weighted by Crippen LogP contribution is -2.35. The van der Waals surface area contributed by atoms with Gasteiger partial charge in [0.2, 0.25) is 0 Å². The summed E-state index contributed by atoms with van der Waals surface area (Å²) in [5.41, 5.74) is 4.80. The highest BCUT2D eigenvalue weighted by Crippen LogP contribution is 2.26. The largest absolute Gasteiger partial charge is 0.349 e. The fourth-order valence-corrected chi connectivity index (χ4v) is 4.29. The van der Waals surface area contributed by atoms with Crippen LogP contribution in [0.2, 0.25) is 0 Å². The molecule has 0 radical (unpaired) electrons. The minimum Gasteiger partial charge on any atom is -0.349 e. The number of aryl methyl sites for hydroxylation is 1. The number of hydrogen-bond acceptors (Lipinski definition) is 2. The molecule has 1 aliphatic carbocycles. The Balaban J connectivity index is 1.67. The van der Waals surface area contributed by atoms with Crippen molar-refractivity contribution in [2.75, 3.05) is 0 Å². The second-order valence-corrected chi connectivity index (χ2v) is 8.14. The topological polar surface area (TPSA) is 42.0 Å². The highest BCUT2D eigenvalue weighted by molar-refractivity contribution is 6.07. The number of amides is 1. The third-order valence-corrected chi connectivity index (χ3v) is 6.06. The van der Waals surface area contributed by atoms with Gasteiger partial charge in [0.05, 0.1) is 16.8 Å². The zero-order chi connectivity index (χ0) is 20.1. The van der Waals surface area contributed by atoms with Gasteiger partial charge in [0.15, 0.2) is 0 Å². The summed E-state index contributed by atoms with van der Waals surface area (Å²) in [6.07, 6.45) is 9.48. The quantitative estimate of drug-likeness (QED) is 0.571. The number of benzene rings is 2. The third-order valence-electron chi connectivity index (χ3n) is 6.06. The van der Waals surface area contributed by atoms with Crippen molar-refractivity contribution in [1.82, 2.24) is 10.3 Å². The summed E-state index contributed by atoms with van der Waals surface area (Å²) in [6.45, 7) is 2.15. The van der Waals surface area contributed by atoms with Crippen LogP contribution in [-0.4, -0.2) is 16.9 Å². The standard InChI is InChI=1S/C26H30N2O/c1-2-19-14-16-20(17-15-19)25-18-23(22-12-8-9-13-24(22)28-25)26(29)27-21-10-6-4-3-5-7-11-21/h8-9,12-18,21H,2-7,10-11H2,1H3,(H,27,29). The molecular weight excluding hydrogens is 356 g/mol. The predicted molar refractivity (Wildman–Crippen MR) is 120 cm³/mol. The maximum absolute atomic E-state index is 13.3. The van der Waals surface area contributed by atoms with Crippen LogP contribution in [0.5, 0.6) is 0 Å². The molecule has 0 spiro atoms. The molecule has 1 amide bonds. The SMILES string of the molecule is CCc1ccc(-c2cc(C(=O)NC3CCCCCCC3)c3ccccc3n2)cc1. The van der Waals surface area contributed by atoms with Gasteiger partial charge in [-0.3, -0.25) is 4.79 Å². The molecule has 150 valence electrons. The van der Waals surface area contributed by atoms with Crippen LogP contribution in [0.3, 0.4) is 0 Å². The summed E-state index contributed by atoms with van der Waals surface area (Å²) in [7, 11) is 0. The molecule has 4 rings (SSSR count). The van der Waals surface area contributed by atoms with Crippen molar-refractivity contribution >= 4 is 16.8 Å². The smallest absolute Gasteiger partial charge is 0.252 e. The van der Waals surface area contributed by atoms with Gasteiger partial charge >= 0.3 is 0 Å². The zero-order valence-electron chi connectivity index (χ0n) is 17.3. The number of rotatable bonds is 4. The molecular formula is C26H30N2O. The van der Waals surface area contributed by atoms with Gasteiger partial charge in [-0.05, 0) is 37.0 Å². The number of carbonyl (C=O) groups is 1. The van der Waals surface area contributed by atoms with Crippen LogP contribution in [0.1, 0.15) is 67.8 Å². The molecule has 3 aromatic rings. The molecule has 0 aliphatic heterocycles. The number of hydrogen-bond donors (Lipinski definition) is 1. The summed E-state index contributed by atoms with van der Waals surface area (Å²) in [4.78, 5) is 18.1. The van der Waals surface area contributed by atoms with Crippen LogP contribution >= 0.6 is 0 Å². The third kappa shape index (κ3) is 4.67. The van der Waals surface area contributed by atoms with E-state index in [1.807, 2.05) is 30.3 Å². The van der Waals surface area contributed by atoms with Crippen LogP contribution in [0, 0.1) is 0 Å². The molecule has 0 saturated heterocycles. The van der Waals surface area contributed by atoms with Crippen molar-refractivity contribution in [3.8, 4) is 11.3 Å². The molecule has 1 fully saturated rings. The van der Waals surface area contributed by atoms with E-state index in [4.69, 9.17) is 4.98 Å². The molecule has 0 atom stereocenters. The average molecular weight is 387 g/mol. The zero-order valence-corrected chi connectivity index (χ0v) is 17.3. The lowest BCUT2D eigenvalue weighted by Gasteiger charge is -2.21. The van der Waals surface area contributed by atoms with Gasteiger partial charge in [-0.1, -0.05) is 81.5 Å². The molecule has 1 N–H and O–H groups in total. The number of fused-ring (bicyclic) bond motifs is 1. The molecule has 0 unspecified atom stereocenters. The van der Waals surface area contributed by atoms with E-state index in [9.17, 15) is 4.79 Å². The first kappa shape index (κ1) is 19.6. The van der Waals surface area contributed by atoms with E-state index in [2.05, 4.69) is 36.5 Å². The highest BCUT2D eigenvalue weighted by Gasteiger charge is 2.18. The Hall–Kier alpha value is -2.68. The van der Waals surface area contributed by atoms with Crippen LogP contribution in [0.4, 0.5) is 0 Å². The Labute approximate surface area is 173 Å². The summed E-state index contributed by atoms with van der Waals surface area (Å²) < 4.78 is 0. The van der Waals surface area contributed by atoms with Gasteiger partial charge in [0, 0.05) is 17.0 Å². The van der Waals surface area contributed by atoms with Gasteiger partial charge in [-0.15, -0.1) is 0 Å². The van der Waals surface area contributed by atoms with Crippen molar-refractivity contribution in [2.45, 2.75) is 64.3 Å². The maximum Gasteiger partial charge on any atom is 0.252 e. The molecule has 2 aromatic carbocycles. The van der Waals surface area contributed by atoms with Crippen molar-refractivity contribution in [1.29, 1.82) is 0 Å².